The molecule has 1 heterocycles. The Kier molecular flexibility index (Phi) is 3.05. The van der Waals surface area contributed by atoms with Gasteiger partial charge in [0.15, 0.2) is 0 Å². The number of aromatic nitrogens is 1. The van der Waals surface area contributed by atoms with Gasteiger partial charge in [-0.3, -0.25) is 0 Å². The van der Waals surface area contributed by atoms with Crippen LogP contribution in [0.4, 0.5) is 0 Å². The second kappa shape index (κ2) is 4.65. The summed E-state index contributed by atoms with van der Waals surface area (Å²) in [6.07, 6.45) is 1.60. The number of phenolic OH excluding ortho intramolecular Hbond substituents is 1. The molecule has 0 unspecified atom stereocenters. The molecule has 0 amide bonds. The smallest absolute Gasteiger partial charge is 0.356 e. The highest BCUT2D eigenvalue weighted by Gasteiger charge is 2.06. The molecule has 0 aliphatic heterocycles. The van der Waals surface area contributed by atoms with E-state index in [0.717, 1.165) is 11.1 Å². The van der Waals surface area contributed by atoms with E-state index in [1.807, 2.05) is 0 Å². The summed E-state index contributed by atoms with van der Waals surface area (Å²) in [5, 5.41) is 9.18. The van der Waals surface area contributed by atoms with Gasteiger partial charge in [0.25, 0.3) is 0 Å². The molecule has 2 rings (SSSR count). The van der Waals surface area contributed by atoms with Crippen LogP contribution in [-0.2, 0) is 4.74 Å². The van der Waals surface area contributed by atoms with Gasteiger partial charge in [0.2, 0.25) is 0 Å². The van der Waals surface area contributed by atoms with Crippen LogP contribution in [0.1, 0.15) is 10.5 Å². The lowest BCUT2D eigenvalue weighted by Gasteiger charge is -2.02. The first kappa shape index (κ1) is 11.1. The number of ether oxygens (including phenoxy) is 1. The van der Waals surface area contributed by atoms with Crippen molar-refractivity contribution in [1.29, 1.82) is 0 Å². The van der Waals surface area contributed by atoms with Gasteiger partial charge < -0.3 is 9.84 Å². The number of hydrogen-bond acceptors (Lipinski definition) is 4. The Balaban J connectivity index is 2.29. The van der Waals surface area contributed by atoms with Gasteiger partial charge in [0.1, 0.15) is 11.4 Å². The Bertz CT molecular complexity index is 517. The normalized spacial score (nSPS) is 9.94. The van der Waals surface area contributed by atoms with E-state index in [-0.39, 0.29) is 11.4 Å². The van der Waals surface area contributed by atoms with E-state index >= 15 is 0 Å². The molecule has 0 aliphatic carbocycles. The minimum Gasteiger partial charge on any atom is -0.508 e. The lowest BCUT2D eigenvalue weighted by molar-refractivity contribution is 0.0594. The monoisotopic (exact) mass is 229 g/mol. The third kappa shape index (κ3) is 2.42. The summed E-state index contributed by atoms with van der Waals surface area (Å²) in [7, 11) is 1.32. The van der Waals surface area contributed by atoms with E-state index < -0.39 is 5.97 Å². The van der Waals surface area contributed by atoms with E-state index in [9.17, 15) is 9.90 Å². The van der Waals surface area contributed by atoms with Crippen LogP contribution >= 0.6 is 0 Å². The molecule has 4 heteroatoms. The summed E-state index contributed by atoms with van der Waals surface area (Å²) in [6, 6.07) is 10.2. The fraction of sp³-hybridized carbons (Fsp3) is 0.0769. The van der Waals surface area contributed by atoms with Gasteiger partial charge >= 0.3 is 5.97 Å². The summed E-state index contributed by atoms with van der Waals surface area (Å²) >= 11 is 0. The fourth-order valence-corrected chi connectivity index (χ4v) is 1.44. The lowest BCUT2D eigenvalue weighted by Crippen LogP contribution is -2.03. The third-order valence-corrected chi connectivity index (χ3v) is 2.36. The third-order valence-electron chi connectivity index (χ3n) is 2.36. The number of esters is 1. The highest BCUT2D eigenvalue weighted by Crippen LogP contribution is 2.21. The van der Waals surface area contributed by atoms with Crippen molar-refractivity contribution in [3.8, 4) is 16.9 Å². The Morgan fingerprint density at radius 1 is 1.12 bits per heavy atom. The van der Waals surface area contributed by atoms with E-state index in [1.165, 1.54) is 7.11 Å². The molecule has 0 radical (unpaired) electrons. The zero-order chi connectivity index (χ0) is 12.3. The number of nitrogens with zero attached hydrogens (tertiary/aromatic N) is 1. The number of benzene rings is 1. The van der Waals surface area contributed by atoms with Crippen LogP contribution < -0.4 is 0 Å². The largest absolute Gasteiger partial charge is 0.508 e. The number of carbonyl (C=O) groups is 1. The second-order valence-electron chi connectivity index (χ2n) is 3.47. The van der Waals surface area contributed by atoms with Gasteiger partial charge in [0, 0.05) is 11.8 Å². The standard InChI is InChI=1S/C13H11NO3/c1-17-13(16)12-7-4-10(8-14-12)9-2-5-11(15)6-3-9/h2-8,15H,1H3. The van der Waals surface area contributed by atoms with Crippen molar-refractivity contribution in [2.75, 3.05) is 7.11 Å². The van der Waals surface area contributed by atoms with E-state index in [1.54, 1.807) is 42.6 Å². The minimum atomic E-state index is -0.456. The molecule has 4 nitrogen and oxygen atoms in total. The van der Waals surface area contributed by atoms with Crippen molar-refractivity contribution in [1.82, 2.24) is 4.98 Å². The molecule has 2 aromatic rings. The fourth-order valence-electron chi connectivity index (χ4n) is 1.44. The average Bonchev–Trinajstić information content (AvgIpc) is 2.39. The summed E-state index contributed by atoms with van der Waals surface area (Å²) < 4.78 is 4.56. The van der Waals surface area contributed by atoms with Gasteiger partial charge in [0.05, 0.1) is 7.11 Å². The highest BCUT2D eigenvalue weighted by molar-refractivity contribution is 5.87. The molecule has 0 fully saturated rings. The summed E-state index contributed by atoms with van der Waals surface area (Å²) in [6.45, 7) is 0. The zero-order valence-corrected chi connectivity index (χ0v) is 9.25. The SMILES string of the molecule is COC(=O)c1ccc(-c2ccc(O)cc2)cn1. The van der Waals surface area contributed by atoms with Crippen molar-refractivity contribution in [3.63, 3.8) is 0 Å². The predicted octanol–water partition coefficient (Wildman–Crippen LogP) is 2.24. The van der Waals surface area contributed by atoms with Crippen LogP contribution in [-0.4, -0.2) is 23.2 Å². The molecule has 0 spiro atoms. The van der Waals surface area contributed by atoms with E-state index in [4.69, 9.17) is 0 Å². The van der Waals surface area contributed by atoms with Gasteiger partial charge in [-0.15, -0.1) is 0 Å². The number of pyridine rings is 1. The predicted molar refractivity (Wildman–Crippen MR) is 62.7 cm³/mol. The summed E-state index contributed by atoms with van der Waals surface area (Å²) in [5.74, 6) is -0.241. The maximum absolute atomic E-state index is 11.2. The van der Waals surface area contributed by atoms with Gasteiger partial charge in [-0.1, -0.05) is 18.2 Å². The lowest BCUT2D eigenvalue weighted by atomic mass is 10.1. The van der Waals surface area contributed by atoms with Crippen LogP contribution in [0.5, 0.6) is 5.75 Å². The summed E-state index contributed by atoms with van der Waals surface area (Å²) in [5.41, 5.74) is 2.07. The van der Waals surface area contributed by atoms with Crippen molar-refractivity contribution in [2.45, 2.75) is 0 Å². The average molecular weight is 229 g/mol. The van der Waals surface area contributed by atoms with Crippen LogP contribution in [0, 0.1) is 0 Å². The molecule has 17 heavy (non-hydrogen) atoms. The van der Waals surface area contributed by atoms with Crippen molar-refractivity contribution in [2.24, 2.45) is 0 Å². The molecule has 86 valence electrons. The van der Waals surface area contributed by atoms with E-state index in [2.05, 4.69) is 9.72 Å². The maximum Gasteiger partial charge on any atom is 0.356 e. The molecular weight excluding hydrogens is 218 g/mol. The van der Waals surface area contributed by atoms with Crippen LogP contribution in [0.25, 0.3) is 11.1 Å². The highest BCUT2D eigenvalue weighted by atomic mass is 16.5. The molecule has 1 N–H and O–H groups in total. The first-order valence-electron chi connectivity index (χ1n) is 5.04. The molecule has 0 aliphatic rings. The second-order valence-corrected chi connectivity index (χ2v) is 3.47. The Hall–Kier alpha value is -2.36. The molecule has 0 atom stereocenters. The van der Waals surface area contributed by atoms with Crippen molar-refractivity contribution in [3.05, 3.63) is 48.3 Å². The van der Waals surface area contributed by atoms with Gasteiger partial charge in [-0.05, 0) is 23.8 Å². The molecule has 1 aromatic heterocycles. The first-order chi connectivity index (χ1) is 8.20. The quantitative estimate of drug-likeness (QED) is 0.802. The van der Waals surface area contributed by atoms with Gasteiger partial charge in [-0.2, -0.15) is 0 Å². The molecule has 0 bridgehead atoms. The minimum absolute atomic E-state index is 0.216. The van der Waals surface area contributed by atoms with Crippen LogP contribution in [0.15, 0.2) is 42.6 Å². The topological polar surface area (TPSA) is 59.4 Å². The number of carbonyl (C=O) groups excluding carboxylic acids is 1. The van der Waals surface area contributed by atoms with Crippen LogP contribution in [0.2, 0.25) is 0 Å². The van der Waals surface area contributed by atoms with Crippen LogP contribution in [0.3, 0.4) is 0 Å². The number of aromatic hydroxyl groups is 1. The molecule has 0 saturated carbocycles. The Labute approximate surface area is 98.5 Å². The number of phenols is 1. The summed E-state index contributed by atoms with van der Waals surface area (Å²) in [4.78, 5) is 15.2. The van der Waals surface area contributed by atoms with Crippen molar-refractivity contribution >= 4 is 5.97 Å². The first-order valence-corrected chi connectivity index (χ1v) is 5.04. The van der Waals surface area contributed by atoms with Crippen molar-refractivity contribution < 1.29 is 14.6 Å². The molecule has 0 saturated heterocycles. The van der Waals surface area contributed by atoms with E-state index in [0.29, 0.717) is 0 Å². The van der Waals surface area contributed by atoms with Gasteiger partial charge in [-0.25, -0.2) is 9.78 Å². The number of rotatable bonds is 2. The Morgan fingerprint density at radius 3 is 2.29 bits per heavy atom. The number of methoxy groups -OCH3 is 1. The molecule has 1 aromatic carbocycles. The Morgan fingerprint density at radius 2 is 1.76 bits per heavy atom. The maximum atomic E-state index is 11.2. The number of hydrogen-bond donors (Lipinski definition) is 1. The molecular formula is C13H11NO3. The zero-order valence-electron chi connectivity index (χ0n) is 9.25.